The molecule has 0 aliphatic carbocycles. The molecule has 0 bridgehead atoms. The van der Waals surface area contributed by atoms with Crippen LogP contribution in [0.5, 0.6) is 0 Å². The lowest BCUT2D eigenvalue weighted by molar-refractivity contribution is 0.322. The fraction of sp³-hybridized carbons (Fsp3) is 0.571. The van der Waals surface area contributed by atoms with E-state index in [9.17, 15) is 0 Å². The Hall–Kier alpha value is -0.510. The minimum absolute atomic E-state index is 0.238. The molecule has 1 aromatic carbocycles. The van der Waals surface area contributed by atoms with Crippen LogP contribution in [0.1, 0.15) is 25.0 Å². The molecule has 0 aliphatic rings. The summed E-state index contributed by atoms with van der Waals surface area (Å²) in [5.41, 5.74) is 2.63. The first kappa shape index (κ1) is 14.6. The number of aryl methyl sites for hydroxylation is 1. The van der Waals surface area contributed by atoms with E-state index in [0.717, 1.165) is 18.8 Å². The van der Waals surface area contributed by atoms with E-state index in [-0.39, 0.29) is 6.61 Å². The highest BCUT2D eigenvalue weighted by Gasteiger charge is 2.01. The SMILES string of the molecule is Cc1cc(CNCC(C)C)ccc1SCCO. The summed E-state index contributed by atoms with van der Waals surface area (Å²) in [6.45, 7) is 8.79. The third kappa shape index (κ3) is 5.57. The first-order valence-electron chi connectivity index (χ1n) is 6.17. The lowest BCUT2D eigenvalue weighted by atomic mass is 10.1. The van der Waals surface area contributed by atoms with Gasteiger partial charge in [-0.3, -0.25) is 0 Å². The molecule has 0 spiro atoms. The Balaban J connectivity index is 2.50. The van der Waals surface area contributed by atoms with Crippen LogP contribution in [0.15, 0.2) is 23.1 Å². The summed E-state index contributed by atoms with van der Waals surface area (Å²) in [5.74, 6) is 1.46. The predicted octanol–water partition coefficient (Wildman–Crippen LogP) is 2.83. The number of nitrogens with one attached hydrogen (secondary N) is 1. The van der Waals surface area contributed by atoms with Crippen LogP contribution in [0.25, 0.3) is 0 Å². The third-order valence-corrected chi connectivity index (χ3v) is 3.63. The number of thioether (sulfide) groups is 1. The van der Waals surface area contributed by atoms with Gasteiger partial charge in [-0.25, -0.2) is 0 Å². The molecule has 0 unspecified atom stereocenters. The summed E-state index contributed by atoms with van der Waals surface area (Å²) >= 11 is 1.71. The number of aliphatic hydroxyl groups is 1. The average molecular weight is 253 g/mol. The van der Waals surface area contributed by atoms with E-state index < -0.39 is 0 Å². The van der Waals surface area contributed by atoms with Crippen molar-refractivity contribution >= 4 is 11.8 Å². The summed E-state index contributed by atoms with van der Waals surface area (Å²) in [4.78, 5) is 1.27. The minimum Gasteiger partial charge on any atom is -0.396 e. The van der Waals surface area contributed by atoms with Crippen LogP contribution < -0.4 is 5.32 Å². The third-order valence-electron chi connectivity index (χ3n) is 2.47. The Morgan fingerprint density at radius 1 is 1.35 bits per heavy atom. The van der Waals surface area contributed by atoms with Gasteiger partial charge in [-0.1, -0.05) is 26.0 Å². The van der Waals surface area contributed by atoms with E-state index in [1.54, 1.807) is 11.8 Å². The van der Waals surface area contributed by atoms with Gasteiger partial charge in [-0.2, -0.15) is 0 Å². The van der Waals surface area contributed by atoms with Crippen molar-refractivity contribution in [3.05, 3.63) is 29.3 Å². The molecular formula is C14H23NOS. The van der Waals surface area contributed by atoms with E-state index in [4.69, 9.17) is 5.11 Å². The van der Waals surface area contributed by atoms with Crippen LogP contribution >= 0.6 is 11.8 Å². The molecule has 17 heavy (non-hydrogen) atoms. The van der Waals surface area contributed by atoms with Crippen molar-refractivity contribution in [1.82, 2.24) is 5.32 Å². The molecule has 0 atom stereocenters. The zero-order chi connectivity index (χ0) is 12.7. The van der Waals surface area contributed by atoms with E-state index in [1.165, 1.54) is 16.0 Å². The van der Waals surface area contributed by atoms with Crippen LogP contribution in [0, 0.1) is 12.8 Å². The Morgan fingerprint density at radius 3 is 2.71 bits per heavy atom. The highest BCUT2D eigenvalue weighted by molar-refractivity contribution is 7.99. The topological polar surface area (TPSA) is 32.3 Å². The normalized spacial score (nSPS) is 11.1. The van der Waals surface area contributed by atoms with E-state index >= 15 is 0 Å². The highest BCUT2D eigenvalue weighted by Crippen LogP contribution is 2.22. The molecule has 3 heteroatoms. The van der Waals surface area contributed by atoms with Gasteiger partial charge >= 0.3 is 0 Å². The highest BCUT2D eigenvalue weighted by atomic mass is 32.2. The molecule has 1 rings (SSSR count). The second-order valence-electron chi connectivity index (χ2n) is 4.70. The number of rotatable bonds is 7. The van der Waals surface area contributed by atoms with Crippen molar-refractivity contribution in [2.45, 2.75) is 32.2 Å². The molecule has 0 saturated carbocycles. The molecule has 0 fully saturated rings. The van der Waals surface area contributed by atoms with E-state index in [2.05, 4.69) is 44.3 Å². The molecule has 96 valence electrons. The first-order chi connectivity index (χ1) is 8.13. The zero-order valence-electron chi connectivity index (χ0n) is 11.0. The standard InChI is InChI=1S/C14H23NOS/c1-11(2)9-15-10-13-4-5-14(12(3)8-13)17-7-6-16/h4-5,8,11,15-16H,6-7,9-10H2,1-3H3. The van der Waals surface area contributed by atoms with Gasteiger partial charge in [0.05, 0.1) is 6.61 Å². The maximum absolute atomic E-state index is 8.81. The molecule has 2 nitrogen and oxygen atoms in total. The molecule has 1 aromatic rings. The number of hydrogen-bond acceptors (Lipinski definition) is 3. The lowest BCUT2D eigenvalue weighted by Crippen LogP contribution is -2.18. The summed E-state index contributed by atoms with van der Waals surface area (Å²) in [6, 6.07) is 6.55. The second kappa shape index (κ2) is 7.75. The summed E-state index contributed by atoms with van der Waals surface area (Å²) in [7, 11) is 0. The monoisotopic (exact) mass is 253 g/mol. The predicted molar refractivity (Wildman–Crippen MR) is 75.5 cm³/mol. The summed E-state index contributed by atoms with van der Waals surface area (Å²) in [5, 5.41) is 12.3. The zero-order valence-corrected chi connectivity index (χ0v) is 11.8. The number of aliphatic hydroxyl groups excluding tert-OH is 1. The van der Waals surface area contributed by atoms with E-state index in [1.807, 2.05) is 0 Å². The Labute approximate surface area is 109 Å². The first-order valence-corrected chi connectivity index (χ1v) is 7.16. The van der Waals surface area contributed by atoms with Crippen molar-refractivity contribution in [3.8, 4) is 0 Å². The summed E-state index contributed by atoms with van der Waals surface area (Å²) in [6.07, 6.45) is 0. The molecular weight excluding hydrogens is 230 g/mol. The fourth-order valence-electron chi connectivity index (χ4n) is 1.64. The van der Waals surface area contributed by atoms with Crippen LogP contribution in [0.3, 0.4) is 0 Å². The van der Waals surface area contributed by atoms with Crippen LogP contribution in [0.2, 0.25) is 0 Å². The van der Waals surface area contributed by atoms with Crippen molar-refractivity contribution < 1.29 is 5.11 Å². The minimum atomic E-state index is 0.238. The molecule has 0 aromatic heterocycles. The lowest BCUT2D eigenvalue weighted by Gasteiger charge is -2.10. The van der Waals surface area contributed by atoms with Crippen molar-refractivity contribution in [2.75, 3.05) is 18.9 Å². The second-order valence-corrected chi connectivity index (χ2v) is 5.83. The Kier molecular flexibility index (Phi) is 6.63. The smallest absolute Gasteiger partial charge is 0.0525 e. The van der Waals surface area contributed by atoms with Gasteiger partial charge in [0.2, 0.25) is 0 Å². The van der Waals surface area contributed by atoms with Crippen molar-refractivity contribution in [2.24, 2.45) is 5.92 Å². The van der Waals surface area contributed by atoms with Crippen LogP contribution in [-0.4, -0.2) is 24.0 Å². The molecule has 0 amide bonds. The number of hydrogen-bond donors (Lipinski definition) is 2. The molecule has 0 radical (unpaired) electrons. The average Bonchev–Trinajstić information content (AvgIpc) is 2.27. The maximum atomic E-state index is 8.81. The quantitative estimate of drug-likeness (QED) is 0.733. The molecule has 0 heterocycles. The van der Waals surface area contributed by atoms with Gasteiger partial charge in [0.25, 0.3) is 0 Å². The fourth-order valence-corrected chi connectivity index (χ4v) is 2.41. The largest absolute Gasteiger partial charge is 0.396 e. The van der Waals surface area contributed by atoms with Crippen molar-refractivity contribution in [1.29, 1.82) is 0 Å². The van der Waals surface area contributed by atoms with Crippen LogP contribution in [-0.2, 0) is 6.54 Å². The molecule has 2 N–H and O–H groups in total. The Morgan fingerprint density at radius 2 is 2.12 bits per heavy atom. The van der Waals surface area contributed by atoms with Gasteiger partial charge in [0.1, 0.15) is 0 Å². The molecule has 0 saturated heterocycles. The van der Waals surface area contributed by atoms with Crippen LogP contribution in [0.4, 0.5) is 0 Å². The van der Waals surface area contributed by atoms with Gasteiger partial charge in [0, 0.05) is 17.2 Å². The molecule has 0 aliphatic heterocycles. The van der Waals surface area contributed by atoms with Gasteiger partial charge in [-0.15, -0.1) is 11.8 Å². The van der Waals surface area contributed by atoms with E-state index in [0.29, 0.717) is 5.92 Å². The summed E-state index contributed by atoms with van der Waals surface area (Å²) < 4.78 is 0. The van der Waals surface area contributed by atoms with Gasteiger partial charge < -0.3 is 10.4 Å². The Bertz CT molecular complexity index is 339. The maximum Gasteiger partial charge on any atom is 0.0525 e. The van der Waals surface area contributed by atoms with Gasteiger partial charge in [0.15, 0.2) is 0 Å². The van der Waals surface area contributed by atoms with Crippen molar-refractivity contribution in [3.63, 3.8) is 0 Å². The van der Waals surface area contributed by atoms with Gasteiger partial charge in [-0.05, 0) is 36.6 Å². The number of benzene rings is 1.